The Kier molecular flexibility index (Phi) is 7.17. The normalized spacial score (nSPS) is 17.1. The molecule has 4 rings (SSSR count). The number of benzene rings is 3. The predicted octanol–water partition coefficient (Wildman–Crippen LogP) is 4.71. The molecule has 34 heavy (non-hydrogen) atoms. The van der Waals surface area contributed by atoms with E-state index in [0.29, 0.717) is 30.6 Å². The summed E-state index contributed by atoms with van der Waals surface area (Å²) in [7, 11) is 0. The van der Waals surface area contributed by atoms with Crippen LogP contribution >= 0.6 is 0 Å². The van der Waals surface area contributed by atoms with Crippen LogP contribution in [0.25, 0.3) is 0 Å². The molecule has 2 unspecified atom stereocenters. The van der Waals surface area contributed by atoms with Crippen LogP contribution in [0.5, 0.6) is 0 Å². The maximum absolute atomic E-state index is 12.9. The molecule has 0 aromatic heterocycles. The van der Waals surface area contributed by atoms with Gasteiger partial charge in [0.15, 0.2) is 0 Å². The summed E-state index contributed by atoms with van der Waals surface area (Å²) >= 11 is 0. The first kappa shape index (κ1) is 23.0. The maximum Gasteiger partial charge on any atom is 0.338 e. The summed E-state index contributed by atoms with van der Waals surface area (Å²) in [6, 6.07) is 22.4. The van der Waals surface area contributed by atoms with Gasteiger partial charge in [-0.25, -0.2) is 4.79 Å². The van der Waals surface area contributed by atoms with E-state index in [1.807, 2.05) is 36.4 Å². The second kappa shape index (κ2) is 10.6. The Labute approximate surface area is 197 Å². The van der Waals surface area contributed by atoms with Gasteiger partial charge < -0.3 is 15.4 Å². The third-order valence-electron chi connectivity index (χ3n) is 5.78. The molecular weight excluding hydrogens is 434 g/mol. The van der Waals surface area contributed by atoms with Crippen molar-refractivity contribution in [2.75, 3.05) is 5.32 Å². The molecule has 1 aliphatic rings. The van der Waals surface area contributed by atoms with Gasteiger partial charge in [0.2, 0.25) is 0 Å². The lowest BCUT2D eigenvalue weighted by atomic mass is 10.1. The Morgan fingerprint density at radius 1 is 0.971 bits per heavy atom. The molecule has 0 spiro atoms. The van der Waals surface area contributed by atoms with Gasteiger partial charge in [-0.05, 0) is 36.6 Å². The molecule has 1 saturated carbocycles. The largest absolute Gasteiger partial charge is 0.459 e. The molecule has 2 atom stereocenters. The smallest absolute Gasteiger partial charge is 0.338 e. The fourth-order valence-corrected chi connectivity index (χ4v) is 4.02. The molecule has 3 aromatic carbocycles. The van der Waals surface area contributed by atoms with Crippen molar-refractivity contribution in [3.63, 3.8) is 0 Å². The number of nitrogens with one attached hydrogen (secondary N) is 2. The summed E-state index contributed by atoms with van der Waals surface area (Å²) in [5, 5.41) is 17.4. The van der Waals surface area contributed by atoms with E-state index >= 15 is 0 Å². The first-order valence-electron chi connectivity index (χ1n) is 11.1. The molecule has 1 amide bonds. The fraction of sp³-hybridized carbons (Fsp3) is 0.231. The number of non-ortho nitro benzene ring substituents is 1. The fourth-order valence-electron chi connectivity index (χ4n) is 4.02. The number of esters is 1. The highest BCUT2D eigenvalue weighted by atomic mass is 16.6. The molecule has 1 aliphatic carbocycles. The van der Waals surface area contributed by atoms with Crippen LogP contribution in [-0.2, 0) is 11.3 Å². The van der Waals surface area contributed by atoms with Crippen LogP contribution in [0.15, 0.2) is 78.9 Å². The van der Waals surface area contributed by atoms with Crippen molar-refractivity contribution >= 4 is 23.3 Å². The molecule has 3 aromatic rings. The molecule has 0 bridgehead atoms. The summed E-state index contributed by atoms with van der Waals surface area (Å²) in [5.41, 5.74) is 1.99. The Balaban J connectivity index is 1.42. The van der Waals surface area contributed by atoms with Crippen LogP contribution in [0.1, 0.15) is 45.5 Å². The third-order valence-corrected chi connectivity index (χ3v) is 5.78. The quantitative estimate of drug-likeness (QED) is 0.287. The minimum atomic E-state index is -0.521. The topological polar surface area (TPSA) is 111 Å². The number of carbonyl (C=O) groups excluding carboxylic acids is 2. The Hall–Kier alpha value is -4.20. The van der Waals surface area contributed by atoms with Crippen LogP contribution in [0.2, 0.25) is 0 Å². The number of hydrogen-bond donors (Lipinski definition) is 2. The minimum Gasteiger partial charge on any atom is -0.459 e. The molecule has 8 heteroatoms. The number of ether oxygens (including phenoxy) is 1. The average Bonchev–Trinajstić information content (AvgIpc) is 3.30. The van der Waals surface area contributed by atoms with Crippen molar-refractivity contribution in [1.29, 1.82) is 0 Å². The Bertz CT molecular complexity index is 1170. The second-order valence-electron chi connectivity index (χ2n) is 8.20. The van der Waals surface area contributed by atoms with E-state index in [-0.39, 0.29) is 29.4 Å². The highest BCUT2D eigenvalue weighted by molar-refractivity contribution is 6.00. The van der Waals surface area contributed by atoms with Gasteiger partial charge in [0.05, 0.1) is 16.1 Å². The van der Waals surface area contributed by atoms with Gasteiger partial charge in [0.25, 0.3) is 11.6 Å². The van der Waals surface area contributed by atoms with Crippen LogP contribution in [0, 0.1) is 10.1 Å². The van der Waals surface area contributed by atoms with E-state index in [2.05, 4.69) is 10.6 Å². The van der Waals surface area contributed by atoms with Gasteiger partial charge in [-0.3, -0.25) is 14.9 Å². The van der Waals surface area contributed by atoms with Crippen molar-refractivity contribution in [2.24, 2.45) is 0 Å². The summed E-state index contributed by atoms with van der Waals surface area (Å²) in [6.45, 7) is 0.308. The number of anilines is 1. The molecule has 0 saturated heterocycles. The number of amides is 1. The van der Waals surface area contributed by atoms with Crippen molar-refractivity contribution in [2.45, 2.75) is 38.0 Å². The van der Waals surface area contributed by atoms with Crippen molar-refractivity contribution < 1.29 is 19.2 Å². The first-order valence-corrected chi connectivity index (χ1v) is 11.1. The van der Waals surface area contributed by atoms with Gasteiger partial charge in [0, 0.05) is 36.8 Å². The predicted molar refractivity (Wildman–Crippen MR) is 128 cm³/mol. The summed E-state index contributed by atoms with van der Waals surface area (Å²) < 4.78 is 5.63. The molecule has 0 radical (unpaired) electrons. The van der Waals surface area contributed by atoms with Crippen LogP contribution in [0.3, 0.4) is 0 Å². The van der Waals surface area contributed by atoms with E-state index in [1.165, 1.54) is 12.1 Å². The van der Waals surface area contributed by atoms with Crippen LogP contribution in [-0.4, -0.2) is 28.9 Å². The van der Waals surface area contributed by atoms with Gasteiger partial charge in [-0.1, -0.05) is 48.5 Å². The first-order chi connectivity index (χ1) is 16.5. The maximum atomic E-state index is 12.9. The Morgan fingerprint density at radius 2 is 1.68 bits per heavy atom. The molecule has 0 aliphatic heterocycles. The lowest BCUT2D eigenvalue weighted by molar-refractivity contribution is -0.384. The highest BCUT2D eigenvalue weighted by Gasteiger charge is 2.29. The summed E-state index contributed by atoms with van der Waals surface area (Å²) in [4.78, 5) is 36.0. The van der Waals surface area contributed by atoms with Gasteiger partial charge in [-0.15, -0.1) is 0 Å². The molecule has 0 heterocycles. The Morgan fingerprint density at radius 3 is 2.38 bits per heavy atom. The standard InChI is InChI=1S/C26H25N3O5/c30-25(27-17-18-7-3-1-4-8-18)23-16-21(29(32)33)12-14-24(23)28-20-11-13-22(15-20)34-26(31)19-9-5-2-6-10-19/h1-10,12,14,16,20,22,28H,11,13,15,17H2,(H,27,30). The highest BCUT2D eigenvalue weighted by Crippen LogP contribution is 2.29. The number of hydrogen-bond acceptors (Lipinski definition) is 6. The molecular formula is C26H25N3O5. The van der Waals surface area contributed by atoms with Gasteiger partial charge in [0.1, 0.15) is 6.10 Å². The molecule has 2 N–H and O–H groups in total. The summed E-state index contributed by atoms with van der Waals surface area (Å²) in [5.74, 6) is -0.761. The van der Waals surface area contributed by atoms with E-state index in [4.69, 9.17) is 4.74 Å². The summed E-state index contributed by atoms with van der Waals surface area (Å²) in [6.07, 6.45) is 1.78. The zero-order valence-electron chi connectivity index (χ0n) is 18.5. The number of nitro benzene ring substituents is 1. The number of nitro groups is 1. The SMILES string of the molecule is O=C(OC1CCC(Nc2ccc([N+](=O)[O-])cc2C(=O)NCc2ccccc2)C1)c1ccccc1. The van der Waals surface area contributed by atoms with Crippen LogP contribution in [0.4, 0.5) is 11.4 Å². The molecule has 174 valence electrons. The third kappa shape index (κ3) is 5.78. The number of nitrogens with zero attached hydrogens (tertiary/aromatic N) is 1. The van der Waals surface area contributed by atoms with E-state index in [0.717, 1.165) is 12.0 Å². The molecule has 1 fully saturated rings. The van der Waals surface area contributed by atoms with E-state index < -0.39 is 10.8 Å². The van der Waals surface area contributed by atoms with E-state index in [9.17, 15) is 19.7 Å². The lowest BCUT2D eigenvalue weighted by Gasteiger charge is -2.18. The van der Waals surface area contributed by atoms with Crippen molar-refractivity contribution in [3.8, 4) is 0 Å². The van der Waals surface area contributed by atoms with Crippen molar-refractivity contribution in [3.05, 3.63) is 106 Å². The van der Waals surface area contributed by atoms with Gasteiger partial charge >= 0.3 is 5.97 Å². The van der Waals surface area contributed by atoms with Crippen LogP contribution < -0.4 is 10.6 Å². The van der Waals surface area contributed by atoms with E-state index in [1.54, 1.807) is 30.3 Å². The number of carbonyl (C=O) groups is 2. The zero-order valence-corrected chi connectivity index (χ0v) is 18.5. The number of rotatable bonds is 8. The lowest BCUT2D eigenvalue weighted by Crippen LogP contribution is -2.26. The molecule has 8 nitrogen and oxygen atoms in total. The second-order valence-corrected chi connectivity index (χ2v) is 8.20. The monoisotopic (exact) mass is 459 g/mol. The zero-order chi connectivity index (χ0) is 23.9. The van der Waals surface area contributed by atoms with Crippen molar-refractivity contribution in [1.82, 2.24) is 5.32 Å². The minimum absolute atomic E-state index is 0.0318. The van der Waals surface area contributed by atoms with Gasteiger partial charge in [-0.2, -0.15) is 0 Å². The average molecular weight is 460 g/mol.